The van der Waals surface area contributed by atoms with Gasteiger partial charge in [-0.25, -0.2) is 13.9 Å². The second kappa shape index (κ2) is 8.98. The first kappa shape index (κ1) is 21.2. The fourth-order valence-electron chi connectivity index (χ4n) is 2.97. The largest absolute Gasteiger partial charge is 0.451 e. The summed E-state index contributed by atoms with van der Waals surface area (Å²) < 4.78 is 20.4. The summed E-state index contributed by atoms with van der Waals surface area (Å²) in [5.74, 6) is -3.00. The first-order valence-corrected chi connectivity index (χ1v) is 10.3. The lowest BCUT2D eigenvalue weighted by Gasteiger charge is -2.08. The lowest BCUT2D eigenvalue weighted by Crippen LogP contribution is -2.43. The first-order chi connectivity index (χ1) is 15.4. The summed E-state index contributed by atoms with van der Waals surface area (Å²) in [7, 11) is 0. The molecule has 2 aromatic carbocycles. The van der Waals surface area contributed by atoms with Crippen LogP contribution >= 0.6 is 11.3 Å². The highest BCUT2D eigenvalue weighted by Crippen LogP contribution is 2.30. The fourth-order valence-corrected chi connectivity index (χ4v) is 4.05. The molecule has 2 N–H and O–H groups in total. The number of ether oxygens (including phenoxy) is 1. The number of nitrogens with one attached hydrogen (secondary N) is 2. The van der Waals surface area contributed by atoms with E-state index in [2.05, 4.69) is 16.0 Å². The topological polar surface area (TPSA) is 102 Å². The molecule has 2 amide bonds. The summed E-state index contributed by atoms with van der Waals surface area (Å²) in [6.07, 6.45) is 0. The number of fused-ring (bicyclic) bond motifs is 1. The summed E-state index contributed by atoms with van der Waals surface area (Å²) in [4.78, 5) is 37.3. The van der Waals surface area contributed by atoms with Crippen LogP contribution in [0.3, 0.4) is 0 Å². The molecular weight excluding hydrogens is 435 g/mol. The van der Waals surface area contributed by atoms with Crippen LogP contribution in [0.1, 0.15) is 25.7 Å². The number of nitrogens with zero attached hydrogens (tertiary/aromatic N) is 2. The van der Waals surface area contributed by atoms with Gasteiger partial charge in [0.1, 0.15) is 15.5 Å². The maximum Gasteiger partial charge on any atom is 0.348 e. The van der Waals surface area contributed by atoms with Gasteiger partial charge in [0.2, 0.25) is 0 Å². The van der Waals surface area contributed by atoms with Gasteiger partial charge in [-0.3, -0.25) is 20.4 Å². The molecule has 162 valence electrons. The number of hydrogen-bond acceptors (Lipinski definition) is 6. The molecule has 0 fully saturated rings. The standard InChI is InChI=1S/C22H17FN4O4S/c1-13-16-11-18(32-21(16)27(26-13)14-7-3-2-4-8-14)22(30)31-12-19(28)24-25-20(29)15-9-5-6-10-17(15)23/h2-11H,12H2,1H3,(H,24,28)(H,25,29). The Morgan fingerprint density at radius 1 is 1.06 bits per heavy atom. The maximum atomic E-state index is 13.6. The van der Waals surface area contributed by atoms with E-state index in [1.54, 1.807) is 10.7 Å². The van der Waals surface area contributed by atoms with Gasteiger partial charge in [-0.15, -0.1) is 11.3 Å². The predicted molar refractivity (Wildman–Crippen MR) is 116 cm³/mol. The molecule has 8 nitrogen and oxygen atoms in total. The van der Waals surface area contributed by atoms with Crippen molar-refractivity contribution in [2.45, 2.75) is 6.92 Å². The van der Waals surface area contributed by atoms with Gasteiger partial charge >= 0.3 is 5.97 Å². The minimum atomic E-state index is -0.826. The number of carbonyl (C=O) groups is 3. The number of esters is 1. The Balaban J connectivity index is 1.37. The molecule has 0 radical (unpaired) electrons. The third-order valence-electron chi connectivity index (χ3n) is 4.51. The van der Waals surface area contributed by atoms with Crippen LogP contribution in [0.5, 0.6) is 0 Å². The Labute approximate surface area is 185 Å². The van der Waals surface area contributed by atoms with Crippen molar-refractivity contribution in [2.75, 3.05) is 6.61 Å². The van der Waals surface area contributed by atoms with Crippen molar-refractivity contribution in [3.05, 3.63) is 82.6 Å². The Bertz CT molecular complexity index is 1320. The van der Waals surface area contributed by atoms with Gasteiger partial charge in [-0.05, 0) is 37.3 Å². The number of hydrogen-bond donors (Lipinski definition) is 2. The molecule has 0 bridgehead atoms. The number of carbonyl (C=O) groups excluding carboxylic acids is 3. The summed E-state index contributed by atoms with van der Waals surface area (Å²) in [5.41, 5.74) is 5.55. The average molecular weight is 452 g/mol. The van der Waals surface area contributed by atoms with Crippen LogP contribution in [-0.2, 0) is 9.53 Å². The van der Waals surface area contributed by atoms with Crippen molar-refractivity contribution in [3.63, 3.8) is 0 Å². The predicted octanol–water partition coefficient (Wildman–Crippen LogP) is 3.15. The Morgan fingerprint density at radius 2 is 1.78 bits per heavy atom. The van der Waals surface area contributed by atoms with Crippen molar-refractivity contribution < 1.29 is 23.5 Å². The first-order valence-electron chi connectivity index (χ1n) is 9.49. The number of rotatable bonds is 5. The molecule has 0 saturated heterocycles. The quantitative estimate of drug-likeness (QED) is 0.358. The van der Waals surface area contributed by atoms with E-state index >= 15 is 0 Å². The number of thiophene rings is 1. The molecule has 0 atom stereocenters. The minimum absolute atomic E-state index is 0.224. The zero-order chi connectivity index (χ0) is 22.7. The lowest BCUT2D eigenvalue weighted by molar-refractivity contribution is -0.125. The highest BCUT2D eigenvalue weighted by Gasteiger charge is 2.19. The van der Waals surface area contributed by atoms with Crippen molar-refractivity contribution in [3.8, 4) is 5.69 Å². The van der Waals surface area contributed by atoms with Crippen molar-refractivity contribution in [1.29, 1.82) is 0 Å². The summed E-state index contributed by atoms with van der Waals surface area (Å²) in [5, 5.41) is 5.32. The Hall–Kier alpha value is -4.05. The van der Waals surface area contributed by atoms with Gasteiger partial charge in [0.25, 0.3) is 11.8 Å². The van der Waals surface area contributed by atoms with E-state index < -0.39 is 30.2 Å². The van der Waals surface area contributed by atoms with Gasteiger partial charge < -0.3 is 4.74 Å². The second-order valence-corrected chi connectivity index (χ2v) is 7.75. The smallest absolute Gasteiger partial charge is 0.348 e. The molecule has 4 rings (SSSR count). The molecule has 0 aliphatic rings. The van der Waals surface area contributed by atoms with Crippen LogP contribution in [0.4, 0.5) is 4.39 Å². The molecule has 2 aromatic heterocycles. The summed E-state index contributed by atoms with van der Waals surface area (Å²) >= 11 is 1.20. The van der Waals surface area contributed by atoms with Crippen LogP contribution in [0, 0.1) is 12.7 Å². The molecule has 2 heterocycles. The average Bonchev–Trinajstić information content (AvgIpc) is 3.37. The van der Waals surface area contributed by atoms with Gasteiger partial charge in [0.05, 0.1) is 16.9 Å². The molecule has 0 saturated carbocycles. The van der Waals surface area contributed by atoms with E-state index in [1.807, 2.05) is 37.3 Å². The van der Waals surface area contributed by atoms with Crippen molar-refractivity contribution in [1.82, 2.24) is 20.6 Å². The molecule has 32 heavy (non-hydrogen) atoms. The normalized spacial score (nSPS) is 10.7. The van der Waals surface area contributed by atoms with E-state index in [4.69, 9.17) is 4.74 Å². The highest BCUT2D eigenvalue weighted by atomic mass is 32.1. The molecule has 10 heteroatoms. The molecule has 0 aliphatic carbocycles. The number of aromatic nitrogens is 2. The monoisotopic (exact) mass is 452 g/mol. The molecule has 4 aromatic rings. The molecule has 0 unspecified atom stereocenters. The van der Waals surface area contributed by atoms with Gasteiger partial charge in [0, 0.05) is 5.39 Å². The summed E-state index contributed by atoms with van der Waals surface area (Å²) in [6, 6.07) is 16.5. The van der Waals surface area contributed by atoms with Gasteiger partial charge in [-0.2, -0.15) is 5.10 Å². The third-order valence-corrected chi connectivity index (χ3v) is 5.61. The zero-order valence-electron chi connectivity index (χ0n) is 16.8. The van der Waals surface area contributed by atoms with Crippen LogP contribution in [0.15, 0.2) is 60.7 Å². The van der Waals surface area contributed by atoms with E-state index in [0.717, 1.165) is 27.7 Å². The fraction of sp³-hybridized carbons (Fsp3) is 0.0909. The van der Waals surface area contributed by atoms with Crippen molar-refractivity contribution >= 4 is 39.3 Å². The molecule has 0 spiro atoms. The second-order valence-electron chi connectivity index (χ2n) is 6.72. The zero-order valence-corrected chi connectivity index (χ0v) is 17.6. The number of hydrazine groups is 1. The number of benzene rings is 2. The van der Waals surface area contributed by atoms with E-state index in [0.29, 0.717) is 4.88 Å². The van der Waals surface area contributed by atoms with E-state index in [9.17, 15) is 18.8 Å². The highest BCUT2D eigenvalue weighted by molar-refractivity contribution is 7.20. The number of halogens is 1. The lowest BCUT2D eigenvalue weighted by atomic mass is 10.2. The van der Waals surface area contributed by atoms with E-state index in [-0.39, 0.29) is 5.56 Å². The Morgan fingerprint density at radius 3 is 2.53 bits per heavy atom. The minimum Gasteiger partial charge on any atom is -0.451 e. The van der Waals surface area contributed by atoms with Crippen LogP contribution in [-0.4, -0.2) is 34.2 Å². The van der Waals surface area contributed by atoms with Gasteiger partial charge in [0.15, 0.2) is 6.61 Å². The van der Waals surface area contributed by atoms with Crippen LogP contribution < -0.4 is 10.9 Å². The van der Waals surface area contributed by atoms with Crippen molar-refractivity contribution in [2.24, 2.45) is 0 Å². The SMILES string of the molecule is Cc1nn(-c2ccccc2)c2sc(C(=O)OCC(=O)NNC(=O)c3ccccc3F)cc12. The van der Waals surface area contributed by atoms with Crippen LogP contribution in [0.25, 0.3) is 15.9 Å². The number of aryl methyl sites for hydroxylation is 1. The number of amides is 2. The summed E-state index contributed by atoms with van der Waals surface area (Å²) in [6.45, 7) is 1.23. The third kappa shape index (κ3) is 4.35. The molecular formula is C22H17FN4O4S. The van der Waals surface area contributed by atoms with Gasteiger partial charge in [-0.1, -0.05) is 30.3 Å². The Kier molecular flexibility index (Phi) is 5.95. The van der Waals surface area contributed by atoms with E-state index in [1.165, 1.54) is 29.5 Å². The van der Waals surface area contributed by atoms with Crippen LogP contribution in [0.2, 0.25) is 0 Å². The molecule has 0 aliphatic heterocycles. The maximum absolute atomic E-state index is 13.6. The number of para-hydroxylation sites is 1.